The molecule has 1 saturated heterocycles. The Kier molecular flexibility index (Phi) is 6.43. The molecule has 0 amide bonds. The quantitative estimate of drug-likeness (QED) is 0.531. The smallest absolute Gasteiger partial charge is 0.0964 e. The van der Waals surface area contributed by atoms with Crippen LogP contribution in [0, 0.1) is 0 Å². The third-order valence-electron chi connectivity index (χ3n) is 4.37. The van der Waals surface area contributed by atoms with E-state index in [9.17, 15) is 0 Å². The predicted octanol–water partition coefficient (Wildman–Crippen LogP) is -0.243. The molecule has 0 N–H and O–H groups in total. The first-order valence-electron chi connectivity index (χ1n) is 6.95. The molecule has 1 aromatic rings. The molecule has 0 unspecified atom stereocenters. The molecule has 1 fully saturated rings. The van der Waals surface area contributed by atoms with Crippen LogP contribution in [-0.2, 0) is 0 Å². The standard InChI is InChI=1S/C15H25N2.HI/c1-3-17(4-2)13-8-11-16(12-14-17)15-9-6-5-7-10-15;/h5-7,9-10H,3-4,8,11-14H2,1-2H3;1H/q+1;/p-1. The lowest BCUT2D eigenvalue weighted by Gasteiger charge is -2.35. The number of para-hydroxylation sites is 1. The van der Waals surface area contributed by atoms with Gasteiger partial charge in [0.1, 0.15) is 0 Å². The number of likely N-dealkylation sites (N-methyl/N-ethyl adjacent to an activating group) is 1. The number of rotatable bonds is 3. The van der Waals surface area contributed by atoms with Gasteiger partial charge < -0.3 is 33.4 Å². The van der Waals surface area contributed by atoms with Gasteiger partial charge in [-0.25, -0.2) is 0 Å². The Bertz CT molecular complexity index is 336. The number of anilines is 1. The first-order valence-corrected chi connectivity index (χ1v) is 6.95. The maximum atomic E-state index is 2.55. The Morgan fingerprint density at radius 2 is 1.67 bits per heavy atom. The summed E-state index contributed by atoms with van der Waals surface area (Å²) in [5.74, 6) is 0. The monoisotopic (exact) mass is 360 g/mol. The molecule has 1 aromatic carbocycles. The van der Waals surface area contributed by atoms with Crippen LogP contribution in [0.25, 0.3) is 0 Å². The number of benzene rings is 1. The summed E-state index contributed by atoms with van der Waals surface area (Å²) < 4.78 is 1.29. The van der Waals surface area contributed by atoms with Gasteiger partial charge in [-0.1, -0.05) is 18.2 Å². The fraction of sp³-hybridized carbons (Fsp3) is 0.600. The van der Waals surface area contributed by atoms with Crippen LogP contribution in [0.2, 0.25) is 0 Å². The Labute approximate surface area is 129 Å². The first kappa shape index (κ1) is 15.8. The lowest BCUT2D eigenvalue weighted by atomic mass is 10.3. The van der Waals surface area contributed by atoms with E-state index >= 15 is 0 Å². The second-order valence-corrected chi connectivity index (χ2v) is 5.10. The van der Waals surface area contributed by atoms with Crippen molar-refractivity contribution < 1.29 is 28.5 Å². The normalized spacial score (nSPS) is 18.9. The van der Waals surface area contributed by atoms with Crippen molar-refractivity contribution in [3.05, 3.63) is 30.3 Å². The Morgan fingerprint density at radius 3 is 2.28 bits per heavy atom. The maximum absolute atomic E-state index is 2.55. The Balaban J connectivity index is 0.00000162. The molecule has 0 aromatic heterocycles. The zero-order chi connectivity index (χ0) is 12.1. The molecule has 0 radical (unpaired) electrons. The van der Waals surface area contributed by atoms with Gasteiger partial charge in [-0.15, -0.1) is 0 Å². The van der Waals surface area contributed by atoms with E-state index in [-0.39, 0.29) is 24.0 Å². The van der Waals surface area contributed by atoms with Crippen molar-refractivity contribution in [2.75, 3.05) is 44.2 Å². The molecular formula is C15H25IN2. The number of halogens is 1. The topological polar surface area (TPSA) is 3.24 Å². The van der Waals surface area contributed by atoms with Gasteiger partial charge in [-0.3, -0.25) is 0 Å². The Morgan fingerprint density at radius 1 is 1.00 bits per heavy atom. The van der Waals surface area contributed by atoms with Crippen LogP contribution >= 0.6 is 0 Å². The second kappa shape index (κ2) is 7.34. The van der Waals surface area contributed by atoms with E-state index in [4.69, 9.17) is 0 Å². The molecule has 1 aliphatic heterocycles. The van der Waals surface area contributed by atoms with E-state index < -0.39 is 0 Å². The van der Waals surface area contributed by atoms with Gasteiger partial charge in [0.25, 0.3) is 0 Å². The summed E-state index contributed by atoms with van der Waals surface area (Å²) >= 11 is 0. The highest BCUT2D eigenvalue weighted by molar-refractivity contribution is 5.45. The summed E-state index contributed by atoms with van der Waals surface area (Å²) in [5.41, 5.74) is 1.39. The molecule has 0 aliphatic carbocycles. The van der Waals surface area contributed by atoms with E-state index in [1.165, 1.54) is 55.9 Å². The van der Waals surface area contributed by atoms with Crippen molar-refractivity contribution in [3.63, 3.8) is 0 Å². The van der Waals surface area contributed by atoms with Crippen molar-refractivity contribution in [1.29, 1.82) is 0 Å². The molecule has 0 atom stereocenters. The highest BCUT2D eigenvalue weighted by Crippen LogP contribution is 2.19. The minimum Gasteiger partial charge on any atom is -1.00 e. The van der Waals surface area contributed by atoms with E-state index in [0.29, 0.717) is 0 Å². The maximum Gasteiger partial charge on any atom is 0.0964 e. The summed E-state index contributed by atoms with van der Waals surface area (Å²) in [7, 11) is 0. The third kappa shape index (κ3) is 3.60. The molecule has 2 nitrogen and oxygen atoms in total. The summed E-state index contributed by atoms with van der Waals surface area (Å²) in [6, 6.07) is 10.8. The van der Waals surface area contributed by atoms with Crippen LogP contribution in [0.1, 0.15) is 20.3 Å². The van der Waals surface area contributed by atoms with Crippen molar-refractivity contribution in [3.8, 4) is 0 Å². The van der Waals surface area contributed by atoms with Crippen LogP contribution in [0.4, 0.5) is 5.69 Å². The molecule has 2 rings (SSSR count). The first-order chi connectivity index (χ1) is 8.29. The molecule has 18 heavy (non-hydrogen) atoms. The molecule has 3 heteroatoms. The molecule has 0 saturated carbocycles. The van der Waals surface area contributed by atoms with E-state index in [0.717, 1.165) is 0 Å². The van der Waals surface area contributed by atoms with Crippen LogP contribution < -0.4 is 28.9 Å². The molecule has 1 aliphatic rings. The van der Waals surface area contributed by atoms with E-state index in [1.807, 2.05) is 0 Å². The fourth-order valence-electron chi connectivity index (χ4n) is 2.91. The van der Waals surface area contributed by atoms with Crippen LogP contribution in [-0.4, -0.2) is 43.8 Å². The second-order valence-electron chi connectivity index (χ2n) is 5.10. The zero-order valence-corrected chi connectivity index (χ0v) is 13.8. The summed E-state index contributed by atoms with van der Waals surface area (Å²) in [6.45, 7) is 12.3. The number of nitrogens with zero attached hydrogens (tertiary/aromatic N) is 2. The van der Waals surface area contributed by atoms with Gasteiger partial charge in [0.2, 0.25) is 0 Å². The molecule has 1 heterocycles. The van der Waals surface area contributed by atoms with Crippen molar-refractivity contribution in [2.45, 2.75) is 20.3 Å². The average Bonchev–Trinajstić information content (AvgIpc) is 2.63. The number of hydrogen-bond acceptors (Lipinski definition) is 1. The zero-order valence-electron chi connectivity index (χ0n) is 11.6. The number of quaternary nitrogens is 1. The molecule has 0 spiro atoms. The summed E-state index contributed by atoms with van der Waals surface area (Å²) in [5, 5.41) is 0. The van der Waals surface area contributed by atoms with Crippen LogP contribution in [0.3, 0.4) is 0 Å². The van der Waals surface area contributed by atoms with Crippen molar-refractivity contribution in [2.24, 2.45) is 0 Å². The lowest BCUT2D eigenvalue weighted by Crippen LogP contribution is -3.00. The van der Waals surface area contributed by atoms with Gasteiger partial charge in [0, 0.05) is 18.7 Å². The summed E-state index contributed by atoms with van der Waals surface area (Å²) in [6.07, 6.45) is 1.32. The van der Waals surface area contributed by atoms with Gasteiger partial charge in [-0.2, -0.15) is 0 Å². The summed E-state index contributed by atoms with van der Waals surface area (Å²) in [4.78, 5) is 2.55. The van der Waals surface area contributed by atoms with E-state index in [2.05, 4.69) is 49.1 Å². The third-order valence-corrected chi connectivity index (χ3v) is 4.37. The van der Waals surface area contributed by atoms with Crippen LogP contribution in [0.15, 0.2) is 30.3 Å². The predicted molar refractivity (Wildman–Crippen MR) is 74.3 cm³/mol. The largest absolute Gasteiger partial charge is 1.00 e. The van der Waals surface area contributed by atoms with Crippen molar-refractivity contribution in [1.82, 2.24) is 0 Å². The highest BCUT2D eigenvalue weighted by atomic mass is 127. The Hall–Kier alpha value is -0.290. The van der Waals surface area contributed by atoms with Gasteiger partial charge in [-0.05, 0) is 26.0 Å². The fourth-order valence-corrected chi connectivity index (χ4v) is 2.91. The van der Waals surface area contributed by atoms with Crippen molar-refractivity contribution >= 4 is 5.69 Å². The SMILES string of the molecule is CC[N+]1(CC)CCCN(c2ccccc2)CC1.[I-]. The van der Waals surface area contributed by atoms with Gasteiger partial charge in [0.15, 0.2) is 0 Å². The minimum absolute atomic E-state index is 0. The lowest BCUT2D eigenvalue weighted by molar-refractivity contribution is -0.922. The highest BCUT2D eigenvalue weighted by Gasteiger charge is 2.27. The average molecular weight is 360 g/mol. The molecule has 0 bridgehead atoms. The van der Waals surface area contributed by atoms with Gasteiger partial charge >= 0.3 is 0 Å². The molecular weight excluding hydrogens is 335 g/mol. The van der Waals surface area contributed by atoms with E-state index in [1.54, 1.807) is 0 Å². The van der Waals surface area contributed by atoms with Gasteiger partial charge in [0.05, 0.1) is 32.7 Å². The molecule has 102 valence electrons. The van der Waals surface area contributed by atoms with Crippen LogP contribution in [0.5, 0.6) is 0 Å². The number of hydrogen-bond donors (Lipinski definition) is 0. The minimum atomic E-state index is 0.